The fourth-order valence-corrected chi connectivity index (χ4v) is 9.84. The highest BCUT2D eigenvalue weighted by Gasteiger charge is 2.21. The summed E-state index contributed by atoms with van der Waals surface area (Å²) in [5.41, 5.74) is 16.4. The van der Waals surface area contributed by atoms with Crippen molar-refractivity contribution in [2.75, 3.05) is 4.90 Å². The van der Waals surface area contributed by atoms with Gasteiger partial charge in [-0.05, 0) is 133 Å². The molecule has 0 unspecified atom stereocenters. The molecule has 0 saturated carbocycles. The van der Waals surface area contributed by atoms with Gasteiger partial charge in [0.05, 0.1) is 11.0 Å². The number of aromatic nitrogens is 1. The van der Waals surface area contributed by atoms with Gasteiger partial charge in [0.25, 0.3) is 0 Å². The second kappa shape index (κ2) is 15.8. The van der Waals surface area contributed by atoms with Crippen LogP contribution in [0.3, 0.4) is 0 Å². The van der Waals surface area contributed by atoms with Crippen molar-refractivity contribution in [2.24, 2.45) is 0 Å². The molecular weight excluding hydrogens is 773 g/mol. The van der Waals surface area contributed by atoms with Crippen LogP contribution in [0, 0.1) is 0 Å². The summed E-state index contributed by atoms with van der Waals surface area (Å²) in [6, 6.07) is 92.7. The molecule has 0 fully saturated rings. The van der Waals surface area contributed by atoms with Gasteiger partial charge in [-0.1, -0.05) is 188 Å². The van der Waals surface area contributed by atoms with Gasteiger partial charge in [-0.2, -0.15) is 0 Å². The van der Waals surface area contributed by atoms with E-state index >= 15 is 0 Å². The highest BCUT2D eigenvalue weighted by molar-refractivity contribution is 6.22. The molecule has 0 atom stereocenters. The number of para-hydroxylation sites is 2. The lowest BCUT2D eigenvalue weighted by Gasteiger charge is -2.26. The van der Waals surface area contributed by atoms with Crippen LogP contribution in [0.1, 0.15) is 0 Å². The van der Waals surface area contributed by atoms with E-state index in [9.17, 15) is 0 Å². The fraction of sp³-hybridized carbons (Fsp3) is 0. The third-order valence-electron chi connectivity index (χ3n) is 12.7. The predicted octanol–water partition coefficient (Wildman–Crippen LogP) is 17.2. The first-order valence-corrected chi connectivity index (χ1v) is 22.0. The molecule has 12 rings (SSSR count). The number of rotatable bonds is 8. The SMILES string of the molecule is c1ccc(-c2ccc(N(c3cccc(-c4ccc5c(c4)c(-c4ccccc4)c(-c4ccccc4)c4ccccc45)c3)c3ccc4c(c3)c3ccccc3n4-c3ccccc3)cc2)cc1. The van der Waals surface area contributed by atoms with E-state index in [4.69, 9.17) is 0 Å². The monoisotopic (exact) mass is 814 g/mol. The molecule has 1 aromatic heterocycles. The molecule has 0 saturated heterocycles. The van der Waals surface area contributed by atoms with Crippen molar-refractivity contribution < 1.29 is 0 Å². The maximum absolute atomic E-state index is 2.42. The molecule has 12 aromatic rings. The molecule has 64 heavy (non-hydrogen) atoms. The molecule has 0 aliphatic heterocycles. The Kier molecular flexibility index (Phi) is 9.20. The van der Waals surface area contributed by atoms with Crippen LogP contribution < -0.4 is 4.90 Å². The van der Waals surface area contributed by atoms with Gasteiger partial charge in [-0.25, -0.2) is 0 Å². The molecule has 0 spiro atoms. The van der Waals surface area contributed by atoms with Crippen molar-refractivity contribution in [3.8, 4) is 50.2 Å². The summed E-state index contributed by atoms with van der Waals surface area (Å²) < 4.78 is 2.38. The number of hydrogen-bond acceptors (Lipinski definition) is 1. The molecule has 300 valence electrons. The maximum atomic E-state index is 2.42. The zero-order valence-corrected chi connectivity index (χ0v) is 35.1. The van der Waals surface area contributed by atoms with Crippen molar-refractivity contribution in [1.29, 1.82) is 0 Å². The first-order valence-electron chi connectivity index (χ1n) is 22.0. The molecule has 0 aliphatic rings. The van der Waals surface area contributed by atoms with Gasteiger partial charge in [-0.3, -0.25) is 0 Å². The fourth-order valence-electron chi connectivity index (χ4n) is 9.84. The van der Waals surface area contributed by atoms with Crippen LogP contribution in [-0.4, -0.2) is 4.57 Å². The Morgan fingerprint density at radius 3 is 1.41 bits per heavy atom. The van der Waals surface area contributed by atoms with E-state index in [0.29, 0.717) is 0 Å². The molecule has 0 aliphatic carbocycles. The topological polar surface area (TPSA) is 8.17 Å². The average Bonchev–Trinajstić information content (AvgIpc) is 3.71. The summed E-state index contributed by atoms with van der Waals surface area (Å²) in [4.78, 5) is 2.41. The standard InChI is InChI=1S/C62H42N2/c1-5-18-43(19-6-1)44-32-35-50(36-33-44)63(52-37-39-60-57(42-52)55-29-15-16-31-59(55)64(60)49-25-11-4-12-26-49)51-27-17-24-47(40-51)48-34-38-54-53-28-13-14-30-56(53)61(45-20-7-2-8-21-45)62(58(54)41-48)46-22-9-3-10-23-46/h1-42H. The summed E-state index contributed by atoms with van der Waals surface area (Å²) in [5, 5.41) is 7.43. The number of anilines is 3. The highest BCUT2D eigenvalue weighted by Crippen LogP contribution is 2.46. The van der Waals surface area contributed by atoms with Gasteiger partial charge in [0, 0.05) is 33.5 Å². The summed E-state index contributed by atoms with van der Waals surface area (Å²) in [6.07, 6.45) is 0. The molecule has 2 heteroatoms. The summed E-state index contributed by atoms with van der Waals surface area (Å²) >= 11 is 0. The van der Waals surface area contributed by atoms with E-state index in [1.165, 1.54) is 82.3 Å². The quantitative estimate of drug-likeness (QED) is 0.139. The largest absolute Gasteiger partial charge is 0.310 e. The van der Waals surface area contributed by atoms with Gasteiger partial charge in [0.1, 0.15) is 0 Å². The minimum atomic E-state index is 1.09. The zero-order chi connectivity index (χ0) is 42.4. The Labute approximate surface area is 373 Å². The van der Waals surface area contributed by atoms with Crippen molar-refractivity contribution in [1.82, 2.24) is 4.57 Å². The van der Waals surface area contributed by atoms with E-state index in [-0.39, 0.29) is 0 Å². The minimum Gasteiger partial charge on any atom is -0.310 e. The lowest BCUT2D eigenvalue weighted by Crippen LogP contribution is -2.10. The smallest absolute Gasteiger partial charge is 0.0542 e. The molecule has 0 bridgehead atoms. The lowest BCUT2D eigenvalue weighted by molar-refractivity contribution is 1.18. The van der Waals surface area contributed by atoms with Gasteiger partial charge in [0.15, 0.2) is 0 Å². The summed E-state index contributed by atoms with van der Waals surface area (Å²) in [7, 11) is 0. The van der Waals surface area contributed by atoms with Gasteiger partial charge in [0.2, 0.25) is 0 Å². The first kappa shape index (κ1) is 37.3. The third kappa shape index (κ3) is 6.44. The number of hydrogen-bond donors (Lipinski definition) is 0. The highest BCUT2D eigenvalue weighted by atomic mass is 15.1. The molecule has 1 heterocycles. The molecular formula is C62H42N2. The Bertz CT molecular complexity index is 3630. The summed E-state index contributed by atoms with van der Waals surface area (Å²) in [6.45, 7) is 0. The predicted molar refractivity (Wildman–Crippen MR) is 272 cm³/mol. The van der Waals surface area contributed by atoms with Gasteiger partial charge < -0.3 is 9.47 Å². The number of fused-ring (bicyclic) bond motifs is 6. The van der Waals surface area contributed by atoms with Gasteiger partial charge >= 0.3 is 0 Å². The van der Waals surface area contributed by atoms with Crippen LogP contribution in [0.2, 0.25) is 0 Å². The second-order valence-electron chi connectivity index (χ2n) is 16.5. The average molecular weight is 815 g/mol. The number of benzene rings is 11. The lowest BCUT2D eigenvalue weighted by atomic mass is 9.84. The van der Waals surface area contributed by atoms with Crippen LogP contribution in [0.15, 0.2) is 255 Å². The summed E-state index contributed by atoms with van der Waals surface area (Å²) in [5.74, 6) is 0. The van der Waals surface area contributed by atoms with E-state index in [2.05, 4.69) is 264 Å². The van der Waals surface area contributed by atoms with Gasteiger partial charge in [-0.15, -0.1) is 0 Å². The minimum absolute atomic E-state index is 1.09. The first-order chi connectivity index (χ1) is 31.8. The molecule has 0 radical (unpaired) electrons. The van der Waals surface area contributed by atoms with Crippen LogP contribution in [-0.2, 0) is 0 Å². The van der Waals surface area contributed by atoms with E-state index in [0.717, 1.165) is 28.3 Å². The molecule has 0 amide bonds. The Hall–Kier alpha value is -8.46. The van der Waals surface area contributed by atoms with E-state index in [1.807, 2.05) is 0 Å². The second-order valence-corrected chi connectivity index (χ2v) is 16.5. The zero-order valence-electron chi connectivity index (χ0n) is 35.1. The third-order valence-corrected chi connectivity index (χ3v) is 12.7. The maximum Gasteiger partial charge on any atom is 0.0542 e. The van der Waals surface area contributed by atoms with E-state index < -0.39 is 0 Å². The van der Waals surface area contributed by atoms with Crippen molar-refractivity contribution in [2.45, 2.75) is 0 Å². The van der Waals surface area contributed by atoms with Crippen LogP contribution in [0.25, 0.3) is 93.5 Å². The van der Waals surface area contributed by atoms with Crippen LogP contribution in [0.4, 0.5) is 17.1 Å². The molecule has 0 N–H and O–H groups in total. The van der Waals surface area contributed by atoms with Crippen molar-refractivity contribution >= 4 is 60.4 Å². The van der Waals surface area contributed by atoms with Crippen LogP contribution in [0.5, 0.6) is 0 Å². The Morgan fingerprint density at radius 1 is 0.234 bits per heavy atom. The van der Waals surface area contributed by atoms with Crippen molar-refractivity contribution in [3.63, 3.8) is 0 Å². The van der Waals surface area contributed by atoms with E-state index in [1.54, 1.807) is 0 Å². The molecule has 11 aromatic carbocycles. The molecule has 2 nitrogen and oxygen atoms in total. The normalized spacial score (nSPS) is 11.4. The number of nitrogens with zero attached hydrogens (tertiary/aromatic N) is 2. The Morgan fingerprint density at radius 2 is 0.703 bits per heavy atom. The van der Waals surface area contributed by atoms with Crippen LogP contribution >= 0.6 is 0 Å². The Balaban J connectivity index is 1.06. The van der Waals surface area contributed by atoms with Crippen molar-refractivity contribution in [3.05, 3.63) is 255 Å².